The molecule has 0 saturated heterocycles. The van der Waals surface area contributed by atoms with Gasteiger partial charge in [0.25, 0.3) is 0 Å². The first-order valence-corrected chi connectivity index (χ1v) is 11.8. The van der Waals surface area contributed by atoms with Gasteiger partial charge in [-0.1, -0.05) is 34.6 Å². The quantitative estimate of drug-likeness (QED) is 0.281. The molecule has 5 aromatic rings. The number of pyridine rings is 1. The van der Waals surface area contributed by atoms with Gasteiger partial charge in [0.2, 0.25) is 11.7 Å². The zero-order valence-electron chi connectivity index (χ0n) is 19.4. The maximum Gasteiger partial charge on any atom is 0.237 e. The van der Waals surface area contributed by atoms with Gasteiger partial charge >= 0.3 is 0 Å². The van der Waals surface area contributed by atoms with E-state index in [2.05, 4.69) is 56.5 Å². The lowest BCUT2D eigenvalue weighted by molar-refractivity contribution is 0.355. The zero-order valence-corrected chi connectivity index (χ0v) is 20.2. The van der Waals surface area contributed by atoms with E-state index in [1.54, 1.807) is 26.6 Å². The molecule has 3 heterocycles. The first-order chi connectivity index (χ1) is 17.2. The van der Waals surface area contributed by atoms with E-state index in [1.807, 2.05) is 34.9 Å². The Kier molecular flexibility index (Phi) is 6.44. The number of aryl methyl sites for hydroxylation is 1. The van der Waals surface area contributed by atoms with Crippen molar-refractivity contribution in [2.24, 2.45) is 0 Å². The molecule has 0 amide bonds. The van der Waals surface area contributed by atoms with E-state index in [1.165, 1.54) is 17.3 Å². The third-order valence-corrected chi connectivity index (χ3v) is 6.21. The predicted molar refractivity (Wildman–Crippen MR) is 132 cm³/mol. The van der Waals surface area contributed by atoms with E-state index < -0.39 is 0 Å². The number of thioether (sulfide) groups is 1. The van der Waals surface area contributed by atoms with Crippen molar-refractivity contribution < 1.29 is 14.0 Å². The molecule has 0 atom stereocenters. The largest absolute Gasteiger partial charge is 0.493 e. The van der Waals surface area contributed by atoms with Gasteiger partial charge < -0.3 is 14.0 Å². The molecule has 0 unspecified atom stereocenters. The molecular formula is C25H22N6O3S. The molecule has 0 aliphatic heterocycles. The van der Waals surface area contributed by atoms with Crippen molar-refractivity contribution in [3.05, 3.63) is 78.4 Å². The number of aromatic nitrogens is 6. The third-order valence-electron chi connectivity index (χ3n) is 5.30. The third kappa shape index (κ3) is 4.73. The molecule has 2 aromatic carbocycles. The summed E-state index contributed by atoms with van der Waals surface area (Å²) in [6.45, 7) is 2.06. The summed E-state index contributed by atoms with van der Waals surface area (Å²) in [6, 6.07) is 17.5. The molecule has 10 heteroatoms. The summed E-state index contributed by atoms with van der Waals surface area (Å²) in [7, 11) is 3.18. The first-order valence-electron chi connectivity index (χ1n) is 10.8. The molecule has 0 aliphatic carbocycles. The highest BCUT2D eigenvalue weighted by Crippen LogP contribution is 2.32. The molecule has 3 aromatic heterocycles. The highest BCUT2D eigenvalue weighted by atomic mass is 32.2. The molecule has 0 fully saturated rings. The van der Waals surface area contributed by atoms with Gasteiger partial charge in [-0.2, -0.15) is 4.98 Å². The highest BCUT2D eigenvalue weighted by molar-refractivity contribution is 7.98. The Morgan fingerprint density at radius 3 is 2.40 bits per heavy atom. The number of benzene rings is 2. The smallest absolute Gasteiger partial charge is 0.237 e. The fraction of sp³-hybridized carbons (Fsp3) is 0.160. The van der Waals surface area contributed by atoms with Crippen LogP contribution in [0.4, 0.5) is 0 Å². The topological polar surface area (TPSA) is 101 Å². The number of hydrogen-bond donors (Lipinski definition) is 0. The molecule has 176 valence electrons. The maximum atomic E-state index is 5.50. The van der Waals surface area contributed by atoms with E-state index in [-0.39, 0.29) is 0 Å². The van der Waals surface area contributed by atoms with Crippen LogP contribution in [0.15, 0.2) is 76.7 Å². The van der Waals surface area contributed by atoms with Crippen LogP contribution >= 0.6 is 11.8 Å². The number of rotatable bonds is 8. The van der Waals surface area contributed by atoms with Crippen molar-refractivity contribution in [3.8, 4) is 40.0 Å². The van der Waals surface area contributed by atoms with Crippen molar-refractivity contribution in [3.63, 3.8) is 0 Å². The second-order valence-corrected chi connectivity index (χ2v) is 8.53. The molecule has 0 aliphatic rings. The highest BCUT2D eigenvalue weighted by Gasteiger charge is 2.18. The van der Waals surface area contributed by atoms with Crippen molar-refractivity contribution in [2.45, 2.75) is 17.8 Å². The molecule has 5 rings (SSSR count). The van der Waals surface area contributed by atoms with Gasteiger partial charge in [-0.3, -0.25) is 9.55 Å². The summed E-state index contributed by atoms with van der Waals surface area (Å²) in [5, 5.41) is 13.7. The predicted octanol–water partition coefficient (Wildman–Crippen LogP) is 5.00. The summed E-state index contributed by atoms with van der Waals surface area (Å²) in [4.78, 5) is 8.66. The average molecular weight is 487 g/mol. The van der Waals surface area contributed by atoms with Gasteiger partial charge in [0.1, 0.15) is 0 Å². The van der Waals surface area contributed by atoms with Gasteiger partial charge in [-0.15, -0.1) is 10.2 Å². The molecule has 0 spiro atoms. The summed E-state index contributed by atoms with van der Waals surface area (Å²) in [5.74, 6) is 3.34. The van der Waals surface area contributed by atoms with E-state index in [0.717, 1.165) is 22.6 Å². The Labute approximate surface area is 206 Å². The van der Waals surface area contributed by atoms with Crippen molar-refractivity contribution >= 4 is 11.8 Å². The van der Waals surface area contributed by atoms with Crippen LogP contribution in [0.3, 0.4) is 0 Å². The molecule has 35 heavy (non-hydrogen) atoms. The Morgan fingerprint density at radius 1 is 0.886 bits per heavy atom. The Balaban J connectivity index is 1.41. The van der Waals surface area contributed by atoms with Crippen molar-refractivity contribution in [1.82, 2.24) is 29.9 Å². The molecule has 0 saturated carbocycles. The second-order valence-electron chi connectivity index (χ2n) is 7.58. The lowest BCUT2D eigenvalue weighted by atomic mass is 10.2. The Hall–Kier alpha value is -4.18. The van der Waals surface area contributed by atoms with Crippen LogP contribution in [0.25, 0.3) is 28.5 Å². The van der Waals surface area contributed by atoms with Crippen LogP contribution in [0, 0.1) is 6.92 Å². The number of ether oxygens (including phenoxy) is 2. The van der Waals surface area contributed by atoms with Gasteiger partial charge in [0.05, 0.1) is 20.0 Å². The summed E-state index contributed by atoms with van der Waals surface area (Å²) >= 11 is 1.47. The summed E-state index contributed by atoms with van der Waals surface area (Å²) < 4.78 is 18.2. The number of methoxy groups -OCH3 is 2. The van der Waals surface area contributed by atoms with Gasteiger partial charge in [-0.25, -0.2) is 0 Å². The summed E-state index contributed by atoms with van der Waals surface area (Å²) in [6.07, 6.45) is 3.48. The maximum absolute atomic E-state index is 5.50. The number of nitrogens with zero attached hydrogens (tertiary/aromatic N) is 6. The molecule has 0 bridgehead atoms. The second kappa shape index (κ2) is 9.98. The van der Waals surface area contributed by atoms with E-state index in [9.17, 15) is 0 Å². The van der Waals surface area contributed by atoms with Crippen molar-refractivity contribution in [1.29, 1.82) is 0 Å². The molecular weight excluding hydrogens is 464 g/mol. The van der Waals surface area contributed by atoms with Gasteiger partial charge in [0.15, 0.2) is 22.5 Å². The normalized spacial score (nSPS) is 10.9. The number of hydrogen-bond acceptors (Lipinski definition) is 9. The average Bonchev–Trinajstić information content (AvgIpc) is 3.55. The monoisotopic (exact) mass is 486 g/mol. The SMILES string of the molecule is COc1ccc(-c2noc(CSc3nnc(-c4ccncc4)n3-c3ccc(C)cc3)n2)cc1OC. The zero-order chi connectivity index (χ0) is 24.2. The minimum absolute atomic E-state index is 0.431. The van der Waals surface area contributed by atoms with Crippen LogP contribution in [0.2, 0.25) is 0 Å². The standard InChI is InChI=1S/C25H22N6O3S/c1-16-4-7-19(8-5-16)31-24(17-10-12-26-13-11-17)28-29-25(31)35-15-22-27-23(30-34-22)18-6-9-20(32-2)21(14-18)33-3/h4-14H,15H2,1-3H3. The fourth-order valence-electron chi connectivity index (χ4n) is 3.51. The lowest BCUT2D eigenvalue weighted by Gasteiger charge is -2.10. The van der Waals surface area contributed by atoms with Crippen molar-refractivity contribution in [2.75, 3.05) is 14.2 Å². The summed E-state index contributed by atoms with van der Waals surface area (Å²) in [5.41, 5.74) is 3.83. The van der Waals surface area contributed by atoms with E-state index >= 15 is 0 Å². The minimum Gasteiger partial charge on any atom is -0.493 e. The van der Waals surface area contributed by atoms with Crippen LogP contribution in [0.1, 0.15) is 11.5 Å². The molecule has 0 N–H and O–H groups in total. The van der Waals surface area contributed by atoms with E-state index in [4.69, 9.17) is 14.0 Å². The van der Waals surface area contributed by atoms with E-state index in [0.29, 0.717) is 34.1 Å². The first kappa shape index (κ1) is 22.6. The molecule has 0 radical (unpaired) electrons. The van der Waals surface area contributed by atoms with Crippen LogP contribution in [-0.4, -0.2) is 44.1 Å². The molecule has 9 nitrogen and oxygen atoms in total. The Morgan fingerprint density at radius 2 is 1.66 bits per heavy atom. The lowest BCUT2D eigenvalue weighted by Crippen LogP contribution is -2.00. The minimum atomic E-state index is 0.431. The van der Waals surface area contributed by atoms with Crippen LogP contribution in [0.5, 0.6) is 11.5 Å². The van der Waals surface area contributed by atoms with Gasteiger partial charge in [-0.05, 0) is 49.4 Å². The van der Waals surface area contributed by atoms with Gasteiger partial charge in [0, 0.05) is 29.2 Å². The Bertz CT molecular complexity index is 1430. The van der Waals surface area contributed by atoms with Crippen LogP contribution < -0.4 is 9.47 Å². The fourth-order valence-corrected chi connectivity index (χ4v) is 4.30. The van der Waals surface area contributed by atoms with Crippen LogP contribution in [-0.2, 0) is 5.75 Å².